The van der Waals surface area contributed by atoms with Crippen LogP contribution in [0.2, 0.25) is 0 Å². The van der Waals surface area contributed by atoms with Crippen LogP contribution in [0.5, 0.6) is 11.5 Å². The zero-order valence-electron chi connectivity index (χ0n) is 18.9. The molecule has 1 aromatic carbocycles. The normalized spacial score (nSPS) is 20.0. The highest BCUT2D eigenvalue weighted by Gasteiger charge is 2.29. The summed E-state index contributed by atoms with van der Waals surface area (Å²) in [7, 11) is 0. The number of likely N-dealkylation sites (tertiary alicyclic amines) is 1. The number of amides is 1. The van der Waals surface area contributed by atoms with Crippen molar-refractivity contribution < 1.29 is 24.2 Å². The molecule has 2 fully saturated rings. The van der Waals surface area contributed by atoms with Crippen LogP contribution in [0.1, 0.15) is 69.5 Å². The Labute approximate surface area is 190 Å². The highest BCUT2D eigenvalue weighted by Crippen LogP contribution is 2.34. The molecule has 0 radical (unpaired) electrons. The van der Waals surface area contributed by atoms with E-state index < -0.39 is 6.10 Å². The van der Waals surface area contributed by atoms with Gasteiger partial charge >= 0.3 is 0 Å². The van der Waals surface area contributed by atoms with Crippen molar-refractivity contribution in [3.8, 4) is 11.5 Å². The highest BCUT2D eigenvalue weighted by atomic mass is 16.6. The van der Waals surface area contributed by atoms with E-state index in [0.29, 0.717) is 55.8 Å². The van der Waals surface area contributed by atoms with E-state index in [9.17, 15) is 14.7 Å². The Morgan fingerprint density at radius 3 is 2.50 bits per heavy atom. The number of rotatable bonds is 12. The number of carbonyl (C=O) groups excluding carboxylic acids is 2. The van der Waals surface area contributed by atoms with Crippen LogP contribution in [0, 0.1) is 5.92 Å². The van der Waals surface area contributed by atoms with Gasteiger partial charge in [0.2, 0.25) is 5.91 Å². The molecule has 0 aromatic heterocycles. The number of fused-ring (bicyclic) bond motifs is 1. The molecule has 0 spiro atoms. The minimum absolute atomic E-state index is 0.0423. The molecular formula is C25H36N2O5. The zero-order valence-corrected chi connectivity index (χ0v) is 18.9. The van der Waals surface area contributed by atoms with Crippen LogP contribution in [0.15, 0.2) is 18.2 Å². The van der Waals surface area contributed by atoms with E-state index in [0.717, 1.165) is 63.6 Å². The fourth-order valence-corrected chi connectivity index (χ4v) is 4.59. The van der Waals surface area contributed by atoms with Crippen molar-refractivity contribution in [3.63, 3.8) is 0 Å². The summed E-state index contributed by atoms with van der Waals surface area (Å²) in [6, 6.07) is 5.10. The van der Waals surface area contributed by atoms with Gasteiger partial charge in [0.05, 0.1) is 6.04 Å². The third kappa shape index (κ3) is 6.45. The van der Waals surface area contributed by atoms with E-state index in [4.69, 9.17) is 9.47 Å². The topological polar surface area (TPSA) is 88.1 Å². The average molecular weight is 445 g/mol. The Kier molecular flexibility index (Phi) is 8.03. The summed E-state index contributed by atoms with van der Waals surface area (Å²) in [5.41, 5.74) is 0.720. The van der Waals surface area contributed by atoms with Gasteiger partial charge in [0.25, 0.3) is 0 Å². The molecular weight excluding hydrogens is 408 g/mol. The van der Waals surface area contributed by atoms with E-state index in [1.165, 1.54) is 0 Å². The molecule has 4 rings (SSSR count). The van der Waals surface area contributed by atoms with Crippen molar-refractivity contribution >= 4 is 11.7 Å². The Hall–Kier alpha value is -2.12. The summed E-state index contributed by atoms with van der Waals surface area (Å²) in [6.07, 6.45) is 7.17. The van der Waals surface area contributed by atoms with E-state index >= 15 is 0 Å². The van der Waals surface area contributed by atoms with Crippen LogP contribution in [-0.2, 0) is 9.59 Å². The first-order valence-electron chi connectivity index (χ1n) is 12.2. The minimum atomic E-state index is -0.827. The van der Waals surface area contributed by atoms with Gasteiger partial charge in [-0.25, -0.2) is 0 Å². The summed E-state index contributed by atoms with van der Waals surface area (Å²) < 4.78 is 11.2. The minimum Gasteiger partial charge on any atom is -0.486 e. The van der Waals surface area contributed by atoms with E-state index in [1.54, 1.807) is 0 Å². The molecule has 1 amide bonds. The Bertz CT molecular complexity index is 789. The van der Waals surface area contributed by atoms with Crippen molar-refractivity contribution in [2.75, 3.05) is 32.8 Å². The van der Waals surface area contributed by atoms with Crippen molar-refractivity contribution in [1.82, 2.24) is 10.2 Å². The van der Waals surface area contributed by atoms with Crippen LogP contribution in [0.3, 0.4) is 0 Å². The van der Waals surface area contributed by atoms with Crippen LogP contribution >= 0.6 is 0 Å². The average Bonchev–Trinajstić information content (AvgIpc) is 3.54. The first kappa shape index (κ1) is 23.1. The number of hydrogen-bond donors (Lipinski definition) is 2. The molecule has 0 bridgehead atoms. The van der Waals surface area contributed by atoms with E-state index in [2.05, 4.69) is 10.2 Å². The second-order valence-corrected chi connectivity index (χ2v) is 9.33. The highest BCUT2D eigenvalue weighted by molar-refractivity contribution is 5.83. The second kappa shape index (κ2) is 11.1. The monoisotopic (exact) mass is 444 g/mol. The number of ether oxygens (including phenoxy) is 2. The fraction of sp³-hybridized carbons (Fsp3) is 0.680. The summed E-state index contributed by atoms with van der Waals surface area (Å²) >= 11 is 0. The maximum Gasteiger partial charge on any atom is 0.220 e. The van der Waals surface area contributed by atoms with Crippen LogP contribution in [0.4, 0.5) is 0 Å². The fourth-order valence-electron chi connectivity index (χ4n) is 4.59. The Morgan fingerprint density at radius 1 is 1.03 bits per heavy atom. The molecule has 2 N–H and O–H groups in total. The Morgan fingerprint density at radius 2 is 1.75 bits per heavy atom. The first-order chi connectivity index (χ1) is 15.6. The molecule has 2 aliphatic heterocycles. The lowest BCUT2D eigenvalue weighted by atomic mass is 10.0. The van der Waals surface area contributed by atoms with Crippen molar-refractivity contribution in [3.05, 3.63) is 23.8 Å². The standard InChI is InChI=1S/C25H36N2O5/c28-21(18-8-9-18)6-2-1-3-7-24(29)26-20(17-27-12-4-5-13-27)25(30)19-10-11-22-23(16-19)32-15-14-31-22/h10-11,16,18,20,25,30H,1-9,12-15,17H2,(H,26,29)/t20-,25-/m1/s1. The molecule has 1 saturated heterocycles. The molecule has 2 atom stereocenters. The van der Waals surface area contributed by atoms with Crippen molar-refractivity contribution in [1.29, 1.82) is 0 Å². The third-order valence-corrected chi connectivity index (χ3v) is 6.65. The van der Waals surface area contributed by atoms with Crippen LogP contribution < -0.4 is 14.8 Å². The summed E-state index contributed by atoms with van der Waals surface area (Å²) in [5.74, 6) is 2.00. The second-order valence-electron chi connectivity index (χ2n) is 9.33. The van der Waals surface area contributed by atoms with E-state index in [-0.39, 0.29) is 11.9 Å². The predicted molar refractivity (Wildman–Crippen MR) is 121 cm³/mol. The lowest BCUT2D eigenvalue weighted by Crippen LogP contribution is -2.46. The molecule has 1 saturated carbocycles. The van der Waals surface area contributed by atoms with Gasteiger partial charge in [-0.15, -0.1) is 0 Å². The molecule has 0 unspecified atom stereocenters. The van der Waals surface area contributed by atoms with Gasteiger partial charge in [-0.2, -0.15) is 0 Å². The third-order valence-electron chi connectivity index (χ3n) is 6.65. The number of nitrogens with one attached hydrogen (secondary N) is 1. The predicted octanol–water partition coefficient (Wildman–Crippen LogP) is 3.00. The first-order valence-corrected chi connectivity index (χ1v) is 12.2. The SMILES string of the molecule is O=C(CCCCCC(=O)C1CC1)N[C@H](CN1CCCC1)[C@H](O)c1ccc2c(c1)OCCO2. The van der Waals surface area contributed by atoms with Crippen molar-refractivity contribution in [2.24, 2.45) is 5.92 Å². The molecule has 7 nitrogen and oxygen atoms in total. The number of nitrogens with zero attached hydrogens (tertiary/aromatic N) is 1. The molecule has 7 heteroatoms. The molecule has 3 aliphatic rings. The molecule has 1 aliphatic carbocycles. The number of ketones is 1. The number of Topliss-reactive ketones (excluding diaryl/α,β-unsaturated/α-hetero) is 1. The van der Waals surface area contributed by atoms with Gasteiger partial charge in [-0.05, 0) is 69.3 Å². The number of aliphatic hydroxyl groups excluding tert-OH is 1. The Balaban J connectivity index is 1.30. The smallest absolute Gasteiger partial charge is 0.220 e. The molecule has 32 heavy (non-hydrogen) atoms. The number of carbonyl (C=O) groups is 2. The van der Waals surface area contributed by atoms with Gasteiger partial charge < -0.3 is 24.8 Å². The number of aliphatic hydroxyl groups is 1. The van der Waals surface area contributed by atoms with Gasteiger partial charge in [-0.1, -0.05) is 12.5 Å². The van der Waals surface area contributed by atoms with Crippen LogP contribution in [0.25, 0.3) is 0 Å². The van der Waals surface area contributed by atoms with Gasteiger partial charge in [-0.3, -0.25) is 9.59 Å². The quantitative estimate of drug-likeness (QED) is 0.482. The van der Waals surface area contributed by atoms with Gasteiger partial charge in [0.1, 0.15) is 25.1 Å². The summed E-state index contributed by atoms with van der Waals surface area (Å²) in [6.45, 7) is 3.63. The summed E-state index contributed by atoms with van der Waals surface area (Å²) in [4.78, 5) is 26.7. The molecule has 176 valence electrons. The van der Waals surface area contributed by atoms with Gasteiger partial charge in [0.15, 0.2) is 11.5 Å². The lowest BCUT2D eigenvalue weighted by molar-refractivity contribution is -0.123. The summed E-state index contributed by atoms with van der Waals surface area (Å²) in [5, 5.41) is 14.2. The lowest BCUT2D eigenvalue weighted by Gasteiger charge is -2.29. The van der Waals surface area contributed by atoms with Crippen molar-refractivity contribution in [2.45, 2.75) is 69.9 Å². The molecule has 2 heterocycles. The largest absolute Gasteiger partial charge is 0.486 e. The number of benzene rings is 1. The van der Waals surface area contributed by atoms with Crippen LogP contribution in [-0.4, -0.2) is 60.6 Å². The van der Waals surface area contributed by atoms with E-state index in [1.807, 2.05) is 18.2 Å². The maximum atomic E-state index is 12.7. The number of unbranched alkanes of at least 4 members (excludes halogenated alkanes) is 2. The number of hydrogen-bond acceptors (Lipinski definition) is 6. The maximum absolute atomic E-state index is 12.7. The zero-order chi connectivity index (χ0) is 22.3. The molecule has 1 aromatic rings. The van der Waals surface area contributed by atoms with Gasteiger partial charge in [0, 0.05) is 25.3 Å².